The van der Waals surface area contributed by atoms with Crippen molar-refractivity contribution in [3.63, 3.8) is 0 Å². The van der Waals surface area contributed by atoms with Crippen LogP contribution in [0.5, 0.6) is 0 Å². The van der Waals surface area contributed by atoms with Crippen molar-refractivity contribution in [3.8, 4) is 0 Å². The van der Waals surface area contributed by atoms with E-state index in [1.165, 1.54) is 12.1 Å². The third kappa shape index (κ3) is 4.67. The van der Waals surface area contributed by atoms with Gasteiger partial charge < -0.3 is 5.32 Å². The van der Waals surface area contributed by atoms with E-state index in [1.807, 2.05) is 13.8 Å². The first-order chi connectivity index (χ1) is 14.1. The Morgan fingerprint density at radius 2 is 1.80 bits per heavy atom. The van der Waals surface area contributed by atoms with Crippen LogP contribution in [-0.2, 0) is 14.8 Å². The average molecular weight is 435 g/mol. The lowest BCUT2D eigenvalue weighted by molar-refractivity contribution is -0.123. The van der Waals surface area contributed by atoms with Crippen LogP contribution in [0.25, 0.3) is 0 Å². The normalized spacial score (nSPS) is 18.0. The average Bonchev–Trinajstić information content (AvgIpc) is 2.93. The van der Waals surface area contributed by atoms with Crippen molar-refractivity contribution in [2.45, 2.75) is 44.2 Å². The van der Waals surface area contributed by atoms with Gasteiger partial charge in [0.05, 0.1) is 10.9 Å². The molecule has 160 valence electrons. The molecular weight excluding hydrogens is 412 g/mol. The SMILES string of the molecule is CC(C)CC(N=C1NS(=O)(=O)c2ccccc21)C(=O)NC(C)c1ccc(F)c(F)c1. The van der Waals surface area contributed by atoms with E-state index < -0.39 is 39.6 Å². The highest BCUT2D eigenvalue weighted by molar-refractivity contribution is 7.90. The second-order valence-electron chi connectivity index (χ2n) is 7.63. The first kappa shape index (κ1) is 21.9. The quantitative estimate of drug-likeness (QED) is 0.730. The van der Waals surface area contributed by atoms with Crippen molar-refractivity contribution in [2.75, 3.05) is 0 Å². The summed E-state index contributed by atoms with van der Waals surface area (Å²) in [5.74, 6) is -2.17. The monoisotopic (exact) mass is 435 g/mol. The van der Waals surface area contributed by atoms with Crippen LogP contribution in [0.2, 0.25) is 0 Å². The molecule has 2 unspecified atom stereocenters. The van der Waals surface area contributed by atoms with Gasteiger partial charge in [-0.2, -0.15) is 0 Å². The van der Waals surface area contributed by atoms with E-state index in [0.717, 1.165) is 12.1 Å². The summed E-state index contributed by atoms with van der Waals surface area (Å²) in [6.07, 6.45) is 0.379. The number of benzene rings is 2. The minimum Gasteiger partial charge on any atom is -0.348 e. The van der Waals surface area contributed by atoms with Gasteiger partial charge in [0.2, 0.25) is 5.91 Å². The number of sulfonamides is 1. The van der Waals surface area contributed by atoms with Crippen LogP contribution < -0.4 is 10.0 Å². The molecule has 2 atom stereocenters. The van der Waals surface area contributed by atoms with E-state index in [-0.39, 0.29) is 16.6 Å². The number of hydrogen-bond donors (Lipinski definition) is 2. The molecule has 0 aromatic heterocycles. The molecule has 0 aliphatic carbocycles. The molecule has 3 rings (SSSR count). The van der Waals surface area contributed by atoms with Crippen LogP contribution in [-0.4, -0.2) is 26.2 Å². The summed E-state index contributed by atoms with van der Waals surface area (Å²) in [6.45, 7) is 5.50. The maximum absolute atomic E-state index is 13.5. The molecule has 2 aromatic rings. The molecule has 0 saturated heterocycles. The van der Waals surface area contributed by atoms with Gasteiger partial charge in [-0.1, -0.05) is 32.0 Å². The van der Waals surface area contributed by atoms with Gasteiger partial charge in [-0.05, 0) is 49.1 Å². The summed E-state index contributed by atoms with van der Waals surface area (Å²) in [5, 5.41) is 2.75. The molecule has 0 bridgehead atoms. The molecule has 2 N–H and O–H groups in total. The number of hydrogen-bond acceptors (Lipinski definition) is 4. The molecule has 2 aromatic carbocycles. The predicted octanol–water partition coefficient (Wildman–Crippen LogP) is 3.30. The van der Waals surface area contributed by atoms with Crippen LogP contribution in [0, 0.1) is 17.6 Å². The number of nitrogens with zero attached hydrogens (tertiary/aromatic N) is 1. The molecule has 6 nitrogen and oxygen atoms in total. The minimum atomic E-state index is -3.72. The number of rotatable bonds is 6. The van der Waals surface area contributed by atoms with Gasteiger partial charge in [-0.3, -0.25) is 14.5 Å². The number of amides is 1. The van der Waals surface area contributed by atoms with E-state index in [2.05, 4.69) is 15.0 Å². The summed E-state index contributed by atoms with van der Waals surface area (Å²) in [5.41, 5.74) is 0.817. The van der Waals surface area contributed by atoms with Gasteiger partial charge in [0.1, 0.15) is 11.9 Å². The van der Waals surface area contributed by atoms with Gasteiger partial charge in [-0.25, -0.2) is 17.2 Å². The van der Waals surface area contributed by atoms with Crippen molar-refractivity contribution in [1.82, 2.24) is 10.0 Å². The summed E-state index contributed by atoms with van der Waals surface area (Å²) < 4.78 is 53.7. The van der Waals surface area contributed by atoms with Crippen LogP contribution in [0.4, 0.5) is 8.78 Å². The Kier molecular flexibility index (Phi) is 6.21. The first-order valence-corrected chi connectivity index (χ1v) is 11.0. The molecule has 30 heavy (non-hydrogen) atoms. The van der Waals surface area contributed by atoms with Crippen LogP contribution in [0.3, 0.4) is 0 Å². The lowest BCUT2D eigenvalue weighted by atomic mass is 10.0. The maximum atomic E-state index is 13.5. The smallest absolute Gasteiger partial charge is 0.263 e. The largest absolute Gasteiger partial charge is 0.348 e. The summed E-state index contributed by atoms with van der Waals surface area (Å²) in [7, 11) is -3.72. The van der Waals surface area contributed by atoms with Gasteiger partial charge in [0.25, 0.3) is 10.0 Å². The van der Waals surface area contributed by atoms with Crippen LogP contribution >= 0.6 is 0 Å². The topological polar surface area (TPSA) is 87.6 Å². The molecule has 1 aliphatic rings. The number of carbonyl (C=O) groups is 1. The van der Waals surface area contributed by atoms with E-state index in [4.69, 9.17) is 0 Å². The molecular formula is C21H23F2N3O3S. The van der Waals surface area contributed by atoms with E-state index in [1.54, 1.807) is 25.1 Å². The second-order valence-corrected chi connectivity index (χ2v) is 9.28. The highest BCUT2D eigenvalue weighted by atomic mass is 32.2. The highest BCUT2D eigenvalue weighted by Crippen LogP contribution is 2.24. The fourth-order valence-corrected chi connectivity index (χ4v) is 4.46. The molecule has 9 heteroatoms. The fraction of sp³-hybridized carbons (Fsp3) is 0.333. The van der Waals surface area contributed by atoms with Gasteiger partial charge in [0.15, 0.2) is 11.6 Å². The Labute approximate surface area is 174 Å². The number of nitrogens with one attached hydrogen (secondary N) is 2. The Bertz CT molecular complexity index is 1100. The van der Waals surface area contributed by atoms with E-state index in [0.29, 0.717) is 17.5 Å². The zero-order chi connectivity index (χ0) is 22.1. The molecule has 1 amide bonds. The maximum Gasteiger partial charge on any atom is 0.263 e. The Hall–Kier alpha value is -2.81. The van der Waals surface area contributed by atoms with Gasteiger partial charge >= 0.3 is 0 Å². The summed E-state index contributed by atoms with van der Waals surface area (Å²) >= 11 is 0. The standard InChI is InChI=1S/C21H23F2N3O3S/c1-12(2)10-18(21(27)24-13(3)14-8-9-16(22)17(23)11-14)25-20-15-6-4-5-7-19(15)30(28,29)26-20/h4-9,11-13,18H,10H2,1-3H3,(H,24,27)(H,25,26). The number of fused-ring (bicyclic) bond motifs is 1. The fourth-order valence-electron chi connectivity index (χ4n) is 3.23. The Balaban J connectivity index is 1.87. The van der Waals surface area contributed by atoms with Crippen molar-refractivity contribution in [1.29, 1.82) is 0 Å². The Morgan fingerprint density at radius 3 is 2.47 bits per heavy atom. The minimum absolute atomic E-state index is 0.108. The number of carbonyl (C=O) groups excluding carboxylic acids is 1. The molecule has 0 fully saturated rings. The zero-order valence-corrected chi connectivity index (χ0v) is 17.6. The summed E-state index contributed by atoms with van der Waals surface area (Å²) in [4.78, 5) is 17.4. The molecule has 1 heterocycles. The third-order valence-corrected chi connectivity index (χ3v) is 6.14. The van der Waals surface area contributed by atoms with Crippen molar-refractivity contribution < 1.29 is 22.0 Å². The van der Waals surface area contributed by atoms with Crippen LogP contribution in [0.1, 0.15) is 44.4 Å². The number of halogens is 2. The van der Waals surface area contributed by atoms with Crippen molar-refractivity contribution >= 4 is 21.8 Å². The van der Waals surface area contributed by atoms with E-state index >= 15 is 0 Å². The van der Waals surface area contributed by atoms with Crippen LogP contribution in [0.15, 0.2) is 52.4 Å². The highest BCUT2D eigenvalue weighted by Gasteiger charge is 2.32. The lowest BCUT2D eigenvalue weighted by Crippen LogP contribution is -2.37. The third-order valence-electron chi connectivity index (χ3n) is 4.75. The molecule has 0 saturated carbocycles. The number of amidine groups is 1. The first-order valence-electron chi connectivity index (χ1n) is 9.54. The Morgan fingerprint density at radius 1 is 1.10 bits per heavy atom. The van der Waals surface area contributed by atoms with Crippen molar-refractivity contribution in [2.24, 2.45) is 10.9 Å². The van der Waals surface area contributed by atoms with Crippen molar-refractivity contribution in [3.05, 3.63) is 65.2 Å². The molecule has 0 radical (unpaired) electrons. The van der Waals surface area contributed by atoms with E-state index in [9.17, 15) is 22.0 Å². The van der Waals surface area contributed by atoms with Gasteiger partial charge in [0, 0.05) is 5.56 Å². The lowest BCUT2D eigenvalue weighted by Gasteiger charge is -2.20. The zero-order valence-electron chi connectivity index (χ0n) is 16.8. The summed E-state index contributed by atoms with van der Waals surface area (Å²) in [6, 6.07) is 8.39. The van der Waals surface area contributed by atoms with Gasteiger partial charge in [-0.15, -0.1) is 0 Å². The molecule has 1 aliphatic heterocycles. The molecule has 0 spiro atoms. The number of aliphatic imine (C=N–C) groups is 1. The predicted molar refractivity (Wildman–Crippen MR) is 109 cm³/mol. The second kappa shape index (κ2) is 8.51.